The third kappa shape index (κ3) is 2.22. The van der Waals surface area contributed by atoms with Crippen molar-refractivity contribution in [3.05, 3.63) is 28.5 Å². The molecule has 0 saturated heterocycles. The van der Waals surface area contributed by atoms with Crippen LogP contribution in [0.25, 0.3) is 5.13 Å². The summed E-state index contributed by atoms with van der Waals surface area (Å²) in [4.78, 5) is 4.23. The Kier molecular flexibility index (Phi) is 3.55. The first kappa shape index (κ1) is 11.8. The largest absolute Gasteiger partial charge is 0.227 e. The molecule has 2 heterocycles. The van der Waals surface area contributed by atoms with Crippen molar-refractivity contribution in [1.29, 1.82) is 5.26 Å². The average molecular weight is 246 g/mol. The Labute approximate surface area is 105 Å². The van der Waals surface area contributed by atoms with E-state index in [9.17, 15) is 5.26 Å². The van der Waals surface area contributed by atoms with E-state index in [-0.39, 0.29) is 0 Å². The molecule has 0 amide bonds. The van der Waals surface area contributed by atoms with Crippen molar-refractivity contribution in [1.82, 2.24) is 14.8 Å². The van der Waals surface area contributed by atoms with Crippen LogP contribution in [0, 0.1) is 18.3 Å². The van der Waals surface area contributed by atoms with Gasteiger partial charge in [0.05, 0.1) is 17.0 Å². The van der Waals surface area contributed by atoms with Gasteiger partial charge in [0.15, 0.2) is 0 Å². The van der Waals surface area contributed by atoms with Gasteiger partial charge in [0.25, 0.3) is 0 Å². The van der Waals surface area contributed by atoms with E-state index in [0.717, 1.165) is 35.8 Å². The van der Waals surface area contributed by atoms with Gasteiger partial charge in [0.2, 0.25) is 5.13 Å². The lowest BCUT2D eigenvalue weighted by Crippen LogP contribution is -1.98. The minimum Gasteiger partial charge on any atom is -0.227 e. The number of thiazole rings is 1. The molecule has 0 spiro atoms. The second kappa shape index (κ2) is 5.11. The Balaban J connectivity index is 2.42. The fourth-order valence-corrected chi connectivity index (χ4v) is 2.37. The molecule has 0 aliphatic rings. The maximum Gasteiger partial charge on any atom is 0.210 e. The van der Waals surface area contributed by atoms with Crippen LogP contribution in [0.5, 0.6) is 0 Å². The van der Waals surface area contributed by atoms with Crippen molar-refractivity contribution in [2.75, 3.05) is 0 Å². The highest BCUT2D eigenvalue weighted by Gasteiger charge is 2.15. The van der Waals surface area contributed by atoms with Crippen LogP contribution in [0.4, 0.5) is 0 Å². The zero-order valence-corrected chi connectivity index (χ0v) is 10.8. The molecule has 0 radical (unpaired) electrons. The van der Waals surface area contributed by atoms with Crippen LogP contribution < -0.4 is 0 Å². The molecule has 2 rings (SSSR count). The average Bonchev–Trinajstić information content (AvgIpc) is 2.94. The Bertz CT molecular complexity index is 534. The lowest BCUT2D eigenvalue weighted by Gasteiger charge is -1.96. The number of hydrogen-bond acceptors (Lipinski definition) is 4. The molecule has 88 valence electrons. The number of nitrogens with zero attached hydrogens (tertiary/aromatic N) is 4. The maximum absolute atomic E-state index is 9.19. The molecule has 0 N–H and O–H groups in total. The van der Waals surface area contributed by atoms with Crippen molar-refractivity contribution in [3.63, 3.8) is 0 Å². The zero-order valence-electron chi connectivity index (χ0n) is 9.97. The number of unbranched alkanes of at least 4 members (excludes halogenated alkanes) is 1. The van der Waals surface area contributed by atoms with Gasteiger partial charge in [0, 0.05) is 11.6 Å². The summed E-state index contributed by atoms with van der Waals surface area (Å²) < 4.78 is 1.77. The number of nitriles is 1. The van der Waals surface area contributed by atoms with E-state index < -0.39 is 0 Å². The molecule has 2 aromatic rings. The molecule has 0 aliphatic heterocycles. The SMILES string of the molecule is CCCCc1nn(-c2nccs2)c(C)c1C#N. The van der Waals surface area contributed by atoms with Crippen LogP contribution in [0.3, 0.4) is 0 Å². The predicted octanol–water partition coefficient (Wildman–Crippen LogP) is 2.85. The van der Waals surface area contributed by atoms with E-state index in [1.165, 1.54) is 11.3 Å². The van der Waals surface area contributed by atoms with E-state index in [2.05, 4.69) is 23.1 Å². The first-order valence-electron chi connectivity index (χ1n) is 5.66. The summed E-state index contributed by atoms with van der Waals surface area (Å²) in [5.41, 5.74) is 2.48. The summed E-state index contributed by atoms with van der Waals surface area (Å²) in [6, 6.07) is 2.25. The van der Waals surface area contributed by atoms with E-state index in [1.54, 1.807) is 10.9 Å². The topological polar surface area (TPSA) is 54.5 Å². The number of rotatable bonds is 4. The third-order valence-electron chi connectivity index (χ3n) is 2.67. The monoisotopic (exact) mass is 246 g/mol. The molecular formula is C12H14N4S. The Morgan fingerprint density at radius 2 is 2.35 bits per heavy atom. The van der Waals surface area contributed by atoms with Crippen LogP contribution in [0.1, 0.15) is 36.7 Å². The van der Waals surface area contributed by atoms with Crippen LogP contribution >= 0.6 is 11.3 Å². The molecule has 0 atom stereocenters. The lowest BCUT2D eigenvalue weighted by atomic mass is 10.1. The Morgan fingerprint density at radius 1 is 1.53 bits per heavy atom. The van der Waals surface area contributed by atoms with Crippen LogP contribution in [0.15, 0.2) is 11.6 Å². The van der Waals surface area contributed by atoms with Crippen molar-refractivity contribution < 1.29 is 0 Å². The van der Waals surface area contributed by atoms with Gasteiger partial charge in [-0.2, -0.15) is 10.4 Å². The van der Waals surface area contributed by atoms with Gasteiger partial charge < -0.3 is 0 Å². The van der Waals surface area contributed by atoms with E-state index >= 15 is 0 Å². The standard InChI is InChI=1S/C12H14N4S/c1-3-4-5-11-10(8-13)9(2)16(15-11)12-14-6-7-17-12/h6-7H,3-5H2,1-2H3. The summed E-state index contributed by atoms with van der Waals surface area (Å²) >= 11 is 1.53. The first-order valence-corrected chi connectivity index (χ1v) is 6.54. The van der Waals surface area contributed by atoms with Gasteiger partial charge in [-0.05, 0) is 19.8 Å². The third-order valence-corrected chi connectivity index (χ3v) is 3.42. The minimum atomic E-state index is 0.702. The van der Waals surface area contributed by atoms with E-state index in [4.69, 9.17) is 0 Å². The minimum absolute atomic E-state index is 0.702. The smallest absolute Gasteiger partial charge is 0.210 e. The maximum atomic E-state index is 9.19. The van der Waals surface area contributed by atoms with Crippen molar-refractivity contribution in [3.8, 4) is 11.2 Å². The normalized spacial score (nSPS) is 10.4. The van der Waals surface area contributed by atoms with Crippen LogP contribution in [-0.4, -0.2) is 14.8 Å². The summed E-state index contributed by atoms with van der Waals surface area (Å²) in [5, 5.41) is 16.4. The molecule has 0 fully saturated rings. The molecule has 0 aromatic carbocycles. The summed E-state index contributed by atoms with van der Waals surface area (Å²) in [6.07, 6.45) is 4.77. The summed E-state index contributed by atoms with van der Waals surface area (Å²) in [7, 11) is 0. The van der Waals surface area contributed by atoms with E-state index in [0.29, 0.717) is 5.56 Å². The number of aromatic nitrogens is 3. The highest BCUT2D eigenvalue weighted by molar-refractivity contribution is 7.12. The van der Waals surface area contributed by atoms with Crippen molar-refractivity contribution in [2.24, 2.45) is 0 Å². The second-order valence-electron chi connectivity index (χ2n) is 3.85. The first-order chi connectivity index (χ1) is 8.27. The van der Waals surface area contributed by atoms with Gasteiger partial charge in [-0.25, -0.2) is 9.67 Å². The summed E-state index contributed by atoms with van der Waals surface area (Å²) in [5.74, 6) is 0. The Morgan fingerprint density at radius 3 is 2.94 bits per heavy atom. The number of hydrogen-bond donors (Lipinski definition) is 0. The molecular weight excluding hydrogens is 232 g/mol. The second-order valence-corrected chi connectivity index (χ2v) is 4.72. The molecule has 5 heteroatoms. The molecule has 0 bridgehead atoms. The van der Waals surface area contributed by atoms with Crippen LogP contribution in [-0.2, 0) is 6.42 Å². The highest BCUT2D eigenvalue weighted by atomic mass is 32.1. The molecule has 2 aromatic heterocycles. The fourth-order valence-electron chi connectivity index (χ4n) is 1.73. The van der Waals surface area contributed by atoms with Crippen molar-refractivity contribution >= 4 is 11.3 Å². The molecule has 4 nitrogen and oxygen atoms in total. The van der Waals surface area contributed by atoms with Gasteiger partial charge in [0.1, 0.15) is 6.07 Å². The fraction of sp³-hybridized carbons (Fsp3) is 0.417. The van der Waals surface area contributed by atoms with Gasteiger partial charge in [-0.1, -0.05) is 13.3 Å². The van der Waals surface area contributed by atoms with Crippen molar-refractivity contribution in [2.45, 2.75) is 33.1 Å². The Hall–Kier alpha value is -1.67. The van der Waals surface area contributed by atoms with E-state index in [1.807, 2.05) is 12.3 Å². The number of aryl methyl sites for hydroxylation is 1. The molecule has 0 unspecified atom stereocenters. The summed E-state index contributed by atoms with van der Waals surface area (Å²) in [6.45, 7) is 4.05. The predicted molar refractivity (Wildman–Crippen MR) is 67.3 cm³/mol. The molecule has 0 saturated carbocycles. The zero-order chi connectivity index (χ0) is 12.3. The highest BCUT2D eigenvalue weighted by Crippen LogP contribution is 2.20. The van der Waals surface area contributed by atoms with Gasteiger partial charge >= 0.3 is 0 Å². The van der Waals surface area contributed by atoms with Gasteiger partial charge in [-0.15, -0.1) is 11.3 Å². The quantitative estimate of drug-likeness (QED) is 0.833. The van der Waals surface area contributed by atoms with Crippen LogP contribution in [0.2, 0.25) is 0 Å². The molecule has 17 heavy (non-hydrogen) atoms. The molecule has 0 aliphatic carbocycles. The van der Waals surface area contributed by atoms with Gasteiger partial charge in [-0.3, -0.25) is 0 Å². The lowest BCUT2D eigenvalue weighted by molar-refractivity contribution is 0.745.